The summed E-state index contributed by atoms with van der Waals surface area (Å²) in [6, 6.07) is 12.0. The van der Waals surface area contributed by atoms with Crippen LogP contribution in [0.25, 0.3) is 0 Å². The molecule has 1 amide bonds. The van der Waals surface area contributed by atoms with Gasteiger partial charge in [-0.2, -0.15) is 0 Å². The van der Waals surface area contributed by atoms with Crippen molar-refractivity contribution in [3.8, 4) is 11.5 Å². The number of morpholine rings is 1. The minimum Gasteiger partial charge on any atom is -0.486 e. The molecule has 1 N–H and O–H groups in total. The summed E-state index contributed by atoms with van der Waals surface area (Å²) in [5.41, 5.74) is 1.85. The van der Waals surface area contributed by atoms with Gasteiger partial charge in [-0.05, 0) is 35.4 Å². The Morgan fingerprint density at radius 1 is 1.00 bits per heavy atom. The molecule has 29 heavy (non-hydrogen) atoms. The first-order valence-electron chi connectivity index (χ1n) is 9.91. The Hall–Kier alpha value is -2.64. The van der Waals surface area contributed by atoms with Gasteiger partial charge >= 0.3 is 0 Å². The fourth-order valence-electron chi connectivity index (χ4n) is 3.69. The largest absolute Gasteiger partial charge is 0.486 e. The van der Waals surface area contributed by atoms with E-state index in [-0.39, 0.29) is 24.2 Å². The van der Waals surface area contributed by atoms with Crippen LogP contribution in [0.3, 0.4) is 0 Å². The number of carbonyl (C=O) groups excluding carboxylic acids is 1. The highest BCUT2D eigenvalue weighted by atomic mass is 19.1. The first kappa shape index (κ1) is 19.7. The lowest BCUT2D eigenvalue weighted by Gasteiger charge is -2.35. The highest BCUT2D eigenvalue weighted by Gasteiger charge is 2.23. The number of halogens is 1. The molecule has 0 saturated carbocycles. The number of benzene rings is 2. The van der Waals surface area contributed by atoms with Crippen LogP contribution in [0.5, 0.6) is 11.5 Å². The average Bonchev–Trinajstić information content (AvgIpc) is 2.76. The van der Waals surface area contributed by atoms with Crippen molar-refractivity contribution in [1.82, 2.24) is 10.2 Å². The third-order valence-corrected chi connectivity index (χ3v) is 5.21. The number of hydrogen-bond donors (Lipinski definition) is 1. The second kappa shape index (κ2) is 9.24. The van der Waals surface area contributed by atoms with Crippen molar-refractivity contribution in [2.24, 2.45) is 0 Å². The molecular weight excluding hydrogens is 375 g/mol. The first-order chi connectivity index (χ1) is 14.2. The smallest absolute Gasteiger partial charge is 0.224 e. The van der Waals surface area contributed by atoms with Gasteiger partial charge in [-0.3, -0.25) is 9.69 Å². The van der Waals surface area contributed by atoms with Gasteiger partial charge in [-0.25, -0.2) is 4.39 Å². The molecule has 7 heteroatoms. The quantitative estimate of drug-likeness (QED) is 0.807. The molecule has 0 aliphatic carbocycles. The molecule has 0 spiro atoms. The van der Waals surface area contributed by atoms with E-state index in [0.29, 0.717) is 44.5 Å². The Bertz CT molecular complexity index is 837. The van der Waals surface area contributed by atoms with E-state index >= 15 is 0 Å². The summed E-state index contributed by atoms with van der Waals surface area (Å²) in [5, 5.41) is 3.03. The third-order valence-electron chi connectivity index (χ3n) is 5.21. The summed E-state index contributed by atoms with van der Waals surface area (Å²) >= 11 is 0. The van der Waals surface area contributed by atoms with E-state index in [1.54, 1.807) is 12.1 Å². The van der Waals surface area contributed by atoms with Gasteiger partial charge in [-0.1, -0.05) is 18.2 Å². The maximum atomic E-state index is 13.3. The topological polar surface area (TPSA) is 60.0 Å². The van der Waals surface area contributed by atoms with E-state index in [0.717, 1.165) is 24.2 Å². The van der Waals surface area contributed by atoms with Crippen LogP contribution < -0.4 is 14.8 Å². The number of hydrogen-bond acceptors (Lipinski definition) is 5. The van der Waals surface area contributed by atoms with Crippen molar-refractivity contribution in [2.75, 3.05) is 46.1 Å². The average molecular weight is 400 g/mol. The van der Waals surface area contributed by atoms with E-state index in [1.165, 1.54) is 12.1 Å². The Morgan fingerprint density at radius 2 is 1.72 bits per heavy atom. The monoisotopic (exact) mass is 400 g/mol. The number of nitrogens with one attached hydrogen (secondary N) is 1. The van der Waals surface area contributed by atoms with Gasteiger partial charge in [0.25, 0.3) is 0 Å². The second-order valence-corrected chi connectivity index (χ2v) is 7.17. The Kier molecular flexibility index (Phi) is 6.27. The molecule has 0 bridgehead atoms. The molecule has 4 rings (SSSR count). The van der Waals surface area contributed by atoms with Crippen molar-refractivity contribution in [3.05, 3.63) is 59.4 Å². The lowest BCUT2D eigenvalue weighted by atomic mass is 10.0. The number of rotatable bonds is 6. The molecule has 6 nitrogen and oxygen atoms in total. The van der Waals surface area contributed by atoms with E-state index in [4.69, 9.17) is 14.2 Å². The molecule has 1 atom stereocenters. The molecule has 2 heterocycles. The van der Waals surface area contributed by atoms with Crippen LogP contribution in [0.2, 0.25) is 0 Å². The maximum absolute atomic E-state index is 13.3. The summed E-state index contributed by atoms with van der Waals surface area (Å²) in [5.74, 6) is 1.06. The summed E-state index contributed by atoms with van der Waals surface area (Å²) in [7, 11) is 0. The fourth-order valence-corrected chi connectivity index (χ4v) is 3.69. The van der Waals surface area contributed by atoms with Gasteiger partial charge in [0.05, 0.1) is 25.7 Å². The zero-order valence-electron chi connectivity index (χ0n) is 16.2. The van der Waals surface area contributed by atoms with Gasteiger partial charge < -0.3 is 19.5 Å². The number of amides is 1. The van der Waals surface area contributed by atoms with Crippen LogP contribution in [-0.2, 0) is 16.0 Å². The predicted molar refractivity (Wildman–Crippen MR) is 106 cm³/mol. The molecule has 0 aromatic heterocycles. The maximum Gasteiger partial charge on any atom is 0.224 e. The van der Waals surface area contributed by atoms with Crippen LogP contribution in [0, 0.1) is 5.82 Å². The van der Waals surface area contributed by atoms with Crippen LogP contribution in [0.4, 0.5) is 4.39 Å². The van der Waals surface area contributed by atoms with Gasteiger partial charge in [0.15, 0.2) is 11.5 Å². The predicted octanol–water partition coefficient (Wildman–Crippen LogP) is 2.33. The van der Waals surface area contributed by atoms with Crippen molar-refractivity contribution >= 4 is 5.91 Å². The standard InChI is InChI=1S/C22H25FN2O4/c23-18-4-2-17(3-5-18)19(25-7-9-27-10-8-25)15-24-22(26)14-16-1-6-20-21(13-16)29-12-11-28-20/h1-6,13,19H,7-12,14-15H2,(H,24,26). The minimum absolute atomic E-state index is 0.0243. The number of nitrogens with zero attached hydrogens (tertiary/aromatic N) is 1. The van der Waals surface area contributed by atoms with Crippen LogP contribution in [-0.4, -0.2) is 56.9 Å². The Morgan fingerprint density at radius 3 is 2.48 bits per heavy atom. The molecule has 1 saturated heterocycles. The lowest BCUT2D eigenvalue weighted by molar-refractivity contribution is -0.120. The van der Waals surface area contributed by atoms with E-state index in [1.807, 2.05) is 18.2 Å². The zero-order chi connectivity index (χ0) is 20.1. The molecule has 1 fully saturated rings. The Labute approximate surface area is 169 Å². The van der Waals surface area contributed by atoms with E-state index in [9.17, 15) is 9.18 Å². The summed E-state index contributed by atoms with van der Waals surface area (Å²) in [6.07, 6.45) is 0.260. The highest BCUT2D eigenvalue weighted by Crippen LogP contribution is 2.31. The van der Waals surface area contributed by atoms with Gasteiger partial charge in [0.2, 0.25) is 5.91 Å². The van der Waals surface area contributed by atoms with Crippen molar-refractivity contribution in [1.29, 1.82) is 0 Å². The van der Waals surface area contributed by atoms with Crippen LogP contribution in [0.15, 0.2) is 42.5 Å². The molecule has 2 aromatic carbocycles. The van der Waals surface area contributed by atoms with E-state index < -0.39 is 0 Å². The number of fused-ring (bicyclic) bond motifs is 1. The number of carbonyl (C=O) groups is 1. The van der Waals surface area contributed by atoms with Crippen molar-refractivity contribution in [3.63, 3.8) is 0 Å². The normalized spacial score (nSPS) is 17.6. The number of ether oxygens (including phenoxy) is 3. The molecule has 1 unspecified atom stereocenters. The molecule has 2 aromatic rings. The molecule has 2 aliphatic rings. The second-order valence-electron chi connectivity index (χ2n) is 7.17. The van der Waals surface area contributed by atoms with Gasteiger partial charge in [0.1, 0.15) is 19.0 Å². The van der Waals surface area contributed by atoms with Gasteiger partial charge in [-0.15, -0.1) is 0 Å². The molecule has 2 aliphatic heterocycles. The highest BCUT2D eigenvalue weighted by molar-refractivity contribution is 5.78. The summed E-state index contributed by atoms with van der Waals surface area (Å²) in [6.45, 7) is 4.38. The van der Waals surface area contributed by atoms with Crippen LogP contribution in [0.1, 0.15) is 17.2 Å². The summed E-state index contributed by atoms with van der Waals surface area (Å²) in [4.78, 5) is 14.8. The van der Waals surface area contributed by atoms with Crippen molar-refractivity contribution in [2.45, 2.75) is 12.5 Å². The van der Waals surface area contributed by atoms with Crippen LogP contribution >= 0.6 is 0 Å². The third kappa shape index (κ3) is 5.05. The lowest BCUT2D eigenvalue weighted by Crippen LogP contribution is -2.44. The zero-order valence-corrected chi connectivity index (χ0v) is 16.2. The summed E-state index contributed by atoms with van der Waals surface area (Å²) < 4.78 is 29.9. The minimum atomic E-state index is -0.267. The Balaban J connectivity index is 1.39. The molecule has 154 valence electrons. The SMILES string of the molecule is O=C(Cc1ccc2c(c1)OCCO2)NCC(c1ccc(F)cc1)N1CCOCC1. The van der Waals surface area contributed by atoms with Crippen molar-refractivity contribution < 1.29 is 23.4 Å². The van der Waals surface area contributed by atoms with E-state index in [2.05, 4.69) is 10.2 Å². The first-order valence-corrected chi connectivity index (χ1v) is 9.91. The molecular formula is C22H25FN2O4. The van der Waals surface area contributed by atoms with Gasteiger partial charge in [0, 0.05) is 19.6 Å². The molecule has 0 radical (unpaired) electrons. The fraction of sp³-hybridized carbons (Fsp3) is 0.409.